The number of amides is 1. The van der Waals surface area contributed by atoms with E-state index in [2.05, 4.69) is 43.2 Å². The molecule has 4 nitrogen and oxygen atoms in total. The van der Waals surface area contributed by atoms with Crippen LogP contribution >= 0.6 is 0 Å². The fourth-order valence-electron chi connectivity index (χ4n) is 2.47. The lowest BCUT2D eigenvalue weighted by Gasteiger charge is -2.17. The van der Waals surface area contributed by atoms with E-state index in [4.69, 9.17) is 0 Å². The summed E-state index contributed by atoms with van der Waals surface area (Å²) in [7, 11) is 1.82. The topological polar surface area (TPSA) is 45.2 Å². The number of para-hydroxylation sites is 1. The van der Waals surface area contributed by atoms with E-state index in [1.54, 1.807) is 11.1 Å². The first-order valence-corrected chi connectivity index (χ1v) is 8.07. The Hall–Kier alpha value is -2.36. The standard InChI is InChI=1S/C19H25N3O/c1-5-6-12-22(4)19(23)17-13-16(10-11-20-17)21-18-14(2)8-7-9-15(18)3/h7-11,13H,5-6,12H2,1-4H3,(H,20,21). The minimum absolute atomic E-state index is 0.0383. The quantitative estimate of drug-likeness (QED) is 0.864. The van der Waals surface area contributed by atoms with Crippen LogP contribution in [0.1, 0.15) is 41.4 Å². The number of benzene rings is 1. The van der Waals surface area contributed by atoms with E-state index in [1.807, 2.05) is 25.2 Å². The van der Waals surface area contributed by atoms with Crippen molar-refractivity contribution < 1.29 is 4.79 Å². The number of aromatic nitrogens is 1. The highest BCUT2D eigenvalue weighted by Gasteiger charge is 2.13. The molecule has 1 aromatic heterocycles. The minimum atomic E-state index is -0.0383. The van der Waals surface area contributed by atoms with Crippen molar-refractivity contribution in [2.45, 2.75) is 33.6 Å². The Morgan fingerprint density at radius 3 is 2.57 bits per heavy atom. The molecule has 0 saturated carbocycles. The average molecular weight is 311 g/mol. The number of carbonyl (C=O) groups excluding carboxylic acids is 1. The number of hydrogen-bond donors (Lipinski definition) is 1. The molecule has 0 fully saturated rings. The van der Waals surface area contributed by atoms with Crippen molar-refractivity contribution in [2.75, 3.05) is 18.9 Å². The molecule has 2 aromatic rings. The Labute approximate surface area is 138 Å². The molecule has 0 aliphatic carbocycles. The summed E-state index contributed by atoms with van der Waals surface area (Å²) in [5.74, 6) is -0.0383. The smallest absolute Gasteiger partial charge is 0.272 e. The van der Waals surface area contributed by atoms with Gasteiger partial charge in [-0.2, -0.15) is 0 Å². The fourth-order valence-corrected chi connectivity index (χ4v) is 2.47. The van der Waals surface area contributed by atoms with Gasteiger partial charge in [-0.3, -0.25) is 9.78 Å². The molecule has 0 spiro atoms. The van der Waals surface area contributed by atoms with Gasteiger partial charge < -0.3 is 10.2 Å². The van der Waals surface area contributed by atoms with E-state index in [0.29, 0.717) is 5.69 Å². The Bertz CT molecular complexity index is 662. The molecule has 23 heavy (non-hydrogen) atoms. The maximum atomic E-state index is 12.4. The number of nitrogens with zero attached hydrogens (tertiary/aromatic N) is 2. The van der Waals surface area contributed by atoms with Crippen molar-refractivity contribution >= 4 is 17.3 Å². The summed E-state index contributed by atoms with van der Waals surface area (Å²) in [5.41, 5.74) is 4.78. The van der Waals surface area contributed by atoms with E-state index < -0.39 is 0 Å². The second-order valence-electron chi connectivity index (χ2n) is 5.90. The number of rotatable bonds is 6. The molecule has 2 rings (SSSR count). The van der Waals surface area contributed by atoms with Gasteiger partial charge in [0.15, 0.2) is 0 Å². The van der Waals surface area contributed by atoms with Gasteiger partial charge in [-0.1, -0.05) is 31.5 Å². The predicted molar refractivity (Wildman–Crippen MR) is 95.3 cm³/mol. The van der Waals surface area contributed by atoms with Crippen molar-refractivity contribution in [1.82, 2.24) is 9.88 Å². The van der Waals surface area contributed by atoms with Crippen molar-refractivity contribution in [2.24, 2.45) is 0 Å². The van der Waals surface area contributed by atoms with Crippen LogP contribution in [0.5, 0.6) is 0 Å². The molecule has 0 unspecified atom stereocenters. The third-order valence-electron chi connectivity index (χ3n) is 3.92. The number of nitrogens with one attached hydrogen (secondary N) is 1. The molecule has 0 bridgehead atoms. The zero-order chi connectivity index (χ0) is 16.8. The minimum Gasteiger partial charge on any atom is -0.355 e. The third-order valence-corrected chi connectivity index (χ3v) is 3.92. The lowest BCUT2D eigenvalue weighted by atomic mass is 10.1. The molecule has 0 atom stereocenters. The molecule has 0 aliphatic rings. The highest BCUT2D eigenvalue weighted by molar-refractivity contribution is 5.93. The zero-order valence-corrected chi connectivity index (χ0v) is 14.4. The van der Waals surface area contributed by atoms with E-state index in [9.17, 15) is 4.79 Å². The Balaban J connectivity index is 2.18. The van der Waals surface area contributed by atoms with Crippen LogP contribution in [0.2, 0.25) is 0 Å². The lowest BCUT2D eigenvalue weighted by molar-refractivity contribution is 0.0787. The van der Waals surface area contributed by atoms with Crippen LogP contribution in [0.15, 0.2) is 36.5 Å². The molecule has 0 aliphatic heterocycles. The second kappa shape index (κ2) is 7.77. The maximum absolute atomic E-state index is 12.4. The van der Waals surface area contributed by atoms with Gasteiger partial charge in [-0.15, -0.1) is 0 Å². The summed E-state index contributed by atoms with van der Waals surface area (Å²) in [6, 6.07) is 9.88. The van der Waals surface area contributed by atoms with Crippen LogP contribution in [-0.4, -0.2) is 29.4 Å². The van der Waals surface area contributed by atoms with Crippen LogP contribution in [-0.2, 0) is 0 Å². The van der Waals surface area contributed by atoms with Gasteiger partial charge in [-0.05, 0) is 43.5 Å². The van der Waals surface area contributed by atoms with Crippen molar-refractivity contribution in [3.8, 4) is 0 Å². The number of unbranched alkanes of at least 4 members (excludes halogenated alkanes) is 1. The molecule has 1 amide bonds. The van der Waals surface area contributed by atoms with E-state index in [0.717, 1.165) is 30.8 Å². The summed E-state index contributed by atoms with van der Waals surface area (Å²) in [5, 5.41) is 3.41. The van der Waals surface area contributed by atoms with E-state index in [1.165, 1.54) is 11.1 Å². The first kappa shape index (κ1) is 17.0. The largest absolute Gasteiger partial charge is 0.355 e. The first-order valence-electron chi connectivity index (χ1n) is 8.07. The van der Waals surface area contributed by atoms with Gasteiger partial charge in [-0.25, -0.2) is 0 Å². The van der Waals surface area contributed by atoms with Gasteiger partial charge in [0.05, 0.1) is 0 Å². The van der Waals surface area contributed by atoms with Crippen LogP contribution in [0.4, 0.5) is 11.4 Å². The SMILES string of the molecule is CCCCN(C)C(=O)c1cc(Nc2c(C)cccc2C)ccn1. The van der Waals surface area contributed by atoms with Crippen LogP contribution in [0, 0.1) is 13.8 Å². The summed E-state index contributed by atoms with van der Waals surface area (Å²) in [4.78, 5) is 18.4. The Morgan fingerprint density at radius 1 is 1.22 bits per heavy atom. The molecular weight excluding hydrogens is 286 g/mol. The first-order chi connectivity index (χ1) is 11.0. The maximum Gasteiger partial charge on any atom is 0.272 e. The van der Waals surface area contributed by atoms with Gasteiger partial charge in [0, 0.05) is 31.2 Å². The molecule has 4 heteroatoms. The highest BCUT2D eigenvalue weighted by atomic mass is 16.2. The number of anilines is 2. The average Bonchev–Trinajstić information content (AvgIpc) is 2.55. The Kier molecular flexibility index (Phi) is 5.74. The summed E-state index contributed by atoms with van der Waals surface area (Å²) >= 11 is 0. The summed E-state index contributed by atoms with van der Waals surface area (Å²) in [6.07, 6.45) is 3.75. The van der Waals surface area contributed by atoms with Crippen LogP contribution < -0.4 is 5.32 Å². The van der Waals surface area contributed by atoms with Gasteiger partial charge in [0.2, 0.25) is 0 Å². The lowest BCUT2D eigenvalue weighted by Crippen LogP contribution is -2.28. The number of pyridine rings is 1. The number of hydrogen-bond acceptors (Lipinski definition) is 3. The second-order valence-corrected chi connectivity index (χ2v) is 5.90. The van der Waals surface area contributed by atoms with Crippen molar-refractivity contribution in [3.05, 3.63) is 53.3 Å². The molecule has 0 saturated heterocycles. The monoisotopic (exact) mass is 311 g/mol. The van der Waals surface area contributed by atoms with Crippen LogP contribution in [0.3, 0.4) is 0 Å². The zero-order valence-electron chi connectivity index (χ0n) is 14.4. The molecular formula is C19H25N3O. The summed E-state index contributed by atoms with van der Waals surface area (Å²) in [6.45, 7) is 7.01. The molecule has 0 radical (unpaired) electrons. The van der Waals surface area contributed by atoms with Crippen LogP contribution in [0.25, 0.3) is 0 Å². The van der Waals surface area contributed by atoms with Gasteiger partial charge in [0.25, 0.3) is 5.91 Å². The fraction of sp³-hybridized carbons (Fsp3) is 0.368. The predicted octanol–water partition coefficient (Wildman–Crippen LogP) is 4.31. The van der Waals surface area contributed by atoms with Gasteiger partial charge >= 0.3 is 0 Å². The van der Waals surface area contributed by atoms with E-state index >= 15 is 0 Å². The normalized spacial score (nSPS) is 10.4. The highest BCUT2D eigenvalue weighted by Crippen LogP contribution is 2.24. The Morgan fingerprint density at radius 2 is 1.91 bits per heavy atom. The van der Waals surface area contributed by atoms with E-state index in [-0.39, 0.29) is 5.91 Å². The molecule has 1 heterocycles. The molecule has 1 aromatic carbocycles. The number of aryl methyl sites for hydroxylation is 2. The van der Waals surface area contributed by atoms with Crippen molar-refractivity contribution in [3.63, 3.8) is 0 Å². The third kappa shape index (κ3) is 4.31. The molecule has 122 valence electrons. The number of carbonyl (C=O) groups is 1. The molecule has 1 N–H and O–H groups in total. The van der Waals surface area contributed by atoms with Crippen molar-refractivity contribution in [1.29, 1.82) is 0 Å². The summed E-state index contributed by atoms with van der Waals surface area (Å²) < 4.78 is 0. The van der Waals surface area contributed by atoms with Gasteiger partial charge in [0.1, 0.15) is 5.69 Å².